The van der Waals surface area contributed by atoms with Crippen molar-refractivity contribution in [1.29, 1.82) is 0 Å². The van der Waals surface area contributed by atoms with Crippen LogP contribution in [0.2, 0.25) is 0 Å². The van der Waals surface area contributed by atoms with Crippen molar-refractivity contribution < 1.29 is 19.4 Å². The Morgan fingerprint density at radius 1 is 1.29 bits per heavy atom. The Morgan fingerprint density at radius 3 is 2.83 bits per heavy atom. The first-order chi connectivity index (χ1) is 11.6. The van der Waals surface area contributed by atoms with Crippen molar-refractivity contribution >= 4 is 18.0 Å². The van der Waals surface area contributed by atoms with Crippen molar-refractivity contribution in [3.05, 3.63) is 54.4 Å². The first kappa shape index (κ1) is 15.9. The number of aromatic nitrogens is 2. The molecule has 0 spiro atoms. The summed E-state index contributed by atoms with van der Waals surface area (Å²) < 4.78 is 6.83. The predicted molar refractivity (Wildman–Crippen MR) is 86.6 cm³/mol. The van der Waals surface area contributed by atoms with Gasteiger partial charge in [-0.15, -0.1) is 0 Å². The topological polar surface area (TPSA) is 84.7 Å². The van der Waals surface area contributed by atoms with Crippen LogP contribution < -0.4 is 0 Å². The zero-order valence-electron chi connectivity index (χ0n) is 12.9. The van der Waals surface area contributed by atoms with Crippen LogP contribution in [0.4, 0.5) is 0 Å². The van der Waals surface area contributed by atoms with Crippen LogP contribution >= 0.6 is 0 Å². The number of hydrogen-bond acceptors (Lipinski definition) is 4. The summed E-state index contributed by atoms with van der Waals surface area (Å²) in [4.78, 5) is 24.8. The molecule has 1 amide bonds. The van der Waals surface area contributed by atoms with Gasteiger partial charge in [-0.3, -0.25) is 4.79 Å². The molecule has 1 fully saturated rings. The van der Waals surface area contributed by atoms with E-state index < -0.39 is 12.0 Å². The van der Waals surface area contributed by atoms with Crippen LogP contribution in [0, 0.1) is 0 Å². The van der Waals surface area contributed by atoms with Gasteiger partial charge in [0.1, 0.15) is 0 Å². The van der Waals surface area contributed by atoms with E-state index in [0.717, 1.165) is 11.3 Å². The number of amides is 1. The lowest BCUT2D eigenvalue weighted by Gasteiger charge is -2.31. The maximum absolute atomic E-state index is 12.3. The Morgan fingerprint density at radius 2 is 2.08 bits per heavy atom. The second-order valence-electron chi connectivity index (χ2n) is 5.35. The molecule has 7 heteroatoms. The summed E-state index contributed by atoms with van der Waals surface area (Å²) in [6, 6.07) is 8.67. The minimum Gasteiger partial charge on any atom is -0.480 e. The Kier molecular flexibility index (Phi) is 4.72. The summed E-state index contributed by atoms with van der Waals surface area (Å²) in [6.07, 6.45) is 6.44. The second kappa shape index (κ2) is 7.10. The molecule has 24 heavy (non-hydrogen) atoms. The SMILES string of the molecule is O=C(O)C1COCCN1C(=O)C=Cc1cnn(-c2ccccc2)c1. The van der Waals surface area contributed by atoms with Crippen LogP contribution in [0.3, 0.4) is 0 Å². The van der Waals surface area contributed by atoms with Gasteiger partial charge in [-0.1, -0.05) is 18.2 Å². The van der Waals surface area contributed by atoms with Gasteiger partial charge in [-0.2, -0.15) is 5.10 Å². The van der Waals surface area contributed by atoms with Crippen molar-refractivity contribution in [2.45, 2.75) is 6.04 Å². The van der Waals surface area contributed by atoms with E-state index in [2.05, 4.69) is 5.10 Å². The van der Waals surface area contributed by atoms with Gasteiger partial charge in [-0.05, 0) is 18.2 Å². The largest absolute Gasteiger partial charge is 0.480 e. The van der Waals surface area contributed by atoms with E-state index in [1.165, 1.54) is 11.0 Å². The van der Waals surface area contributed by atoms with Crippen LogP contribution in [0.1, 0.15) is 5.56 Å². The van der Waals surface area contributed by atoms with E-state index in [4.69, 9.17) is 9.84 Å². The highest BCUT2D eigenvalue weighted by atomic mass is 16.5. The number of ether oxygens (including phenoxy) is 1. The highest BCUT2D eigenvalue weighted by Gasteiger charge is 2.31. The van der Waals surface area contributed by atoms with Gasteiger partial charge in [0.15, 0.2) is 6.04 Å². The van der Waals surface area contributed by atoms with Crippen LogP contribution in [-0.2, 0) is 14.3 Å². The number of carbonyl (C=O) groups excluding carboxylic acids is 1. The van der Waals surface area contributed by atoms with Crippen molar-refractivity contribution in [2.24, 2.45) is 0 Å². The Balaban J connectivity index is 1.70. The van der Waals surface area contributed by atoms with Gasteiger partial charge in [0.05, 0.1) is 25.1 Å². The fourth-order valence-corrected chi connectivity index (χ4v) is 2.48. The molecule has 0 bridgehead atoms. The number of carbonyl (C=O) groups is 2. The molecule has 1 saturated heterocycles. The molecular weight excluding hydrogens is 310 g/mol. The molecule has 2 aromatic rings. The van der Waals surface area contributed by atoms with Crippen molar-refractivity contribution in [3.8, 4) is 5.69 Å². The van der Waals surface area contributed by atoms with Gasteiger partial charge in [-0.25, -0.2) is 9.48 Å². The smallest absolute Gasteiger partial charge is 0.328 e. The molecule has 1 N–H and O–H groups in total. The minimum atomic E-state index is -1.06. The monoisotopic (exact) mass is 327 g/mol. The Labute approximate surface area is 138 Å². The van der Waals surface area contributed by atoms with Gasteiger partial charge < -0.3 is 14.7 Å². The summed E-state index contributed by atoms with van der Waals surface area (Å²) >= 11 is 0. The molecule has 1 unspecified atom stereocenters. The number of carboxylic acid groups (broad SMARTS) is 1. The Hall–Kier alpha value is -2.93. The third kappa shape index (κ3) is 3.52. The zero-order valence-corrected chi connectivity index (χ0v) is 12.9. The third-order valence-electron chi connectivity index (χ3n) is 3.74. The normalized spacial score (nSPS) is 18.0. The number of hydrogen-bond donors (Lipinski definition) is 1. The standard InChI is InChI=1S/C17H17N3O4/c21-16(19-8-9-24-12-15(19)17(22)23)7-6-13-10-18-20(11-13)14-4-2-1-3-5-14/h1-7,10-11,15H,8-9,12H2,(H,22,23). The number of carboxylic acids is 1. The average molecular weight is 327 g/mol. The van der Waals surface area contributed by atoms with E-state index in [1.807, 2.05) is 30.3 Å². The molecule has 1 aliphatic heterocycles. The number of aliphatic carboxylic acids is 1. The maximum atomic E-state index is 12.3. The average Bonchev–Trinajstić information content (AvgIpc) is 3.09. The highest BCUT2D eigenvalue weighted by Crippen LogP contribution is 2.11. The van der Waals surface area contributed by atoms with E-state index in [1.54, 1.807) is 23.2 Å². The van der Waals surface area contributed by atoms with Crippen molar-refractivity contribution in [1.82, 2.24) is 14.7 Å². The molecule has 1 atom stereocenters. The Bertz CT molecular complexity index is 754. The zero-order chi connectivity index (χ0) is 16.9. The molecule has 0 radical (unpaired) electrons. The van der Waals surface area contributed by atoms with Crippen LogP contribution in [0.5, 0.6) is 0 Å². The van der Waals surface area contributed by atoms with Gasteiger partial charge in [0.2, 0.25) is 5.91 Å². The fourth-order valence-electron chi connectivity index (χ4n) is 2.48. The van der Waals surface area contributed by atoms with Gasteiger partial charge in [0, 0.05) is 24.4 Å². The van der Waals surface area contributed by atoms with Crippen LogP contribution in [0.25, 0.3) is 11.8 Å². The molecule has 1 aliphatic rings. The lowest BCUT2D eigenvalue weighted by atomic mass is 10.2. The first-order valence-corrected chi connectivity index (χ1v) is 7.54. The number of nitrogens with zero attached hydrogens (tertiary/aromatic N) is 3. The summed E-state index contributed by atoms with van der Waals surface area (Å²) in [7, 11) is 0. The fraction of sp³-hybridized carbons (Fsp3) is 0.235. The molecular formula is C17H17N3O4. The summed E-state index contributed by atoms with van der Waals surface area (Å²) in [5, 5.41) is 13.4. The number of morpholine rings is 1. The lowest BCUT2D eigenvalue weighted by molar-refractivity contribution is -0.156. The first-order valence-electron chi connectivity index (χ1n) is 7.54. The number of benzene rings is 1. The molecule has 2 heterocycles. The molecule has 124 valence electrons. The summed E-state index contributed by atoms with van der Waals surface area (Å²) in [6.45, 7) is 0.625. The maximum Gasteiger partial charge on any atom is 0.328 e. The second-order valence-corrected chi connectivity index (χ2v) is 5.35. The lowest BCUT2D eigenvalue weighted by Crippen LogP contribution is -2.52. The highest BCUT2D eigenvalue weighted by molar-refractivity contribution is 5.94. The molecule has 3 rings (SSSR count). The van der Waals surface area contributed by atoms with Crippen molar-refractivity contribution in [2.75, 3.05) is 19.8 Å². The van der Waals surface area contributed by atoms with Crippen LogP contribution in [-0.4, -0.2) is 57.5 Å². The third-order valence-corrected chi connectivity index (χ3v) is 3.74. The van der Waals surface area contributed by atoms with Gasteiger partial charge >= 0.3 is 5.97 Å². The number of rotatable bonds is 4. The summed E-state index contributed by atoms with van der Waals surface area (Å²) in [5.74, 6) is -1.41. The van der Waals surface area contributed by atoms with E-state index in [0.29, 0.717) is 6.61 Å². The predicted octanol–water partition coefficient (Wildman–Crippen LogP) is 1.20. The molecule has 0 aliphatic carbocycles. The minimum absolute atomic E-state index is 0.0147. The molecule has 1 aromatic heterocycles. The summed E-state index contributed by atoms with van der Waals surface area (Å²) in [5.41, 5.74) is 1.68. The molecule has 1 aromatic carbocycles. The van der Waals surface area contributed by atoms with Gasteiger partial charge in [0.25, 0.3) is 0 Å². The quantitative estimate of drug-likeness (QED) is 0.853. The van der Waals surface area contributed by atoms with E-state index in [-0.39, 0.29) is 19.1 Å². The van der Waals surface area contributed by atoms with E-state index >= 15 is 0 Å². The molecule has 7 nitrogen and oxygen atoms in total. The molecule has 0 saturated carbocycles. The number of para-hydroxylation sites is 1. The van der Waals surface area contributed by atoms with Crippen LogP contribution in [0.15, 0.2) is 48.8 Å². The van der Waals surface area contributed by atoms with E-state index in [9.17, 15) is 9.59 Å². The van der Waals surface area contributed by atoms with Crippen molar-refractivity contribution in [3.63, 3.8) is 0 Å².